The summed E-state index contributed by atoms with van der Waals surface area (Å²) in [4.78, 5) is 4.03. The average molecular weight is 458 g/mol. The number of halogens is 2. The summed E-state index contributed by atoms with van der Waals surface area (Å²) in [7, 11) is -1.53. The molecular formula is C14H24FIN4O2S. The van der Waals surface area contributed by atoms with Gasteiger partial charge in [0.25, 0.3) is 0 Å². The normalized spacial score (nSPS) is 11.7. The highest BCUT2D eigenvalue weighted by molar-refractivity contribution is 14.0. The Labute approximate surface area is 154 Å². The van der Waals surface area contributed by atoms with Crippen molar-refractivity contribution in [3.8, 4) is 0 Å². The SMILES string of the molecule is CCS(=O)(=O)NCCNC(=NC)NCCc1cccc(F)c1.I. The van der Waals surface area contributed by atoms with E-state index in [0.717, 1.165) is 5.56 Å². The molecule has 0 aliphatic carbocycles. The summed E-state index contributed by atoms with van der Waals surface area (Å²) in [5.41, 5.74) is 0.902. The number of hydrogen-bond acceptors (Lipinski definition) is 3. The fourth-order valence-electron chi connectivity index (χ4n) is 1.73. The van der Waals surface area contributed by atoms with Gasteiger partial charge in [-0.25, -0.2) is 17.5 Å². The van der Waals surface area contributed by atoms with Crippen LogP contribution in [0.5, 0.6) is 0 Å². The zero-order valence-corrected chi connectivity index (χ0v) is 16.4. The quantitative estimate of drug-likeness (QED) is 0.236. The zero-order valence-electron chi connectivity index (χ0n) is 13.3. The van der Waals surface area contributed by atoms with Crippen LogP contribution in [0.25, 0.3) is 0 Å². The molecule has 1 rings (SSSR count). The molecule has 0 radical (unpaired) electrons. The van der Waals surface area contributed by atoms with Gasteiger partial charge >= 0.3 is 0 Å². The Kier molecular flexibility index (Phi) is 11.1. The van der Waals surface area contributed by atoms with E-state index in [1.807, 2.05) is 6.07 Å². The van der Waals surface area contributed by atoms with E-state index in [1.165, 1.54) is 12.1 Å². The van der Waals surface area contributed by atoms with Crippen LogP contribution in [0.1, 0.15) is 12.5 Å². The Balaban J connectivity index is 0.00000484. The minimum atomic E-state index is -3.17. The molecule has 0 aliphatic heterocycles. The van der Waals surface area contributed by atoms with E-state index in [0.29, 0.717) is 32.0 Å². The highest BCUT2D eigenvalue weighted by Gasteiger charge is 2.05. The highest BCUT2D eigenvalue weighted by atomic mass is 127. The Morgan fingerprint density at radius 2 is 1.91 bits per heavy atom. The smallest absolute Gasteiger partial charge is 0.211 e. The molecule has 0 fully saturated rings. The lowest BCUT2D eigenvalue weighted by atomic mass is 10.1. The van der Waals surface area contributed by atoms with Gasteiger partial charge in [0, 0.05) is 26.7 Å². The van der Waals surface area contributed by atoms with Gasteiger partial charge in [0.15, 0.2) is 5.96 Å². The fourth-order valence-corrected chi connectivity index (χ4v) is 2.35. The van der Waals surface area contributed by atoms with Crippen LogP contribution in [0.15, 0.2) is 29.3 Å². The third-order valence-electron chi connectivity index (χ3n) is 2.94. The first kappa shape index (κ1) is 22.1. The maximum atomic E-state index is 13.0. The van der Waals surface area contributed by atoms with Crippen molar-refractivity contribution in [2.75, 3.05) is 32.4 Å². The number of aliphatic imine (C=N–C) groups is 1. The average Bonchev–Trinajstić information content (AvgIpc) is 2.49. The van der Waals surface area contributed by atoms with Crippen LogP contribution in [0.2, 0.25) is 0 Å². The van der Waals surface area contributed by atoms with Crippen molar-refractivity contribution in [1.29, 1.82) is 0 Å². The molecule has 0 aliphatic rings. The van der Waals surface area contributed by atoms with Crippen LogP contribution in [-0.2, 0) is 16.4 Å². The van der Waals surface area contributed by atoms with Gasteiger partial charge < -0.3 is 10.6 Å². The van der Waals surface area contributed by atoms with Gasteiger partial charge in [-0.3, -0.25) is 4.99 Å². The molecule has 0 heterocycles. The molecule has 0 saturated heterocycles. The Hall–Kier alpha value is -0.940. The second-order valence-electron chi connectivity index (χ2n) is 4.60. The predicted molar refractivity (Wildman–Crippen MR) is 102 cm³/mol. The van der Waals surface area contributed by atoms with Crippen molar-refractivity contribution in [1.82, 2.24) is 15.4 Å². The van der Waals surface area contributed by atoms with E-state index < -0.39 is 10.0 Å². The lowest BCUT2D eigenvalue weighted by molar-refractivity contribution is 0.581. The van der Waals surface area contributed by atoms with Gasteiger partial charge in [0.05, 0.1) is 5.75 Å². The third kappa shape index (κ3) is 9.72. The maximum Gasteiger partial charge on any atom is 0.211 e. The first-order chi connectivity index (χ1) is 10.5. The van der Waals surface area contributed by atoms with Gasteiger partial charge in [-0.1, -0.05) is 12.1 Å². The number of benzene rings is 1. The van der Waals surface area contributed by atoms with E-state index in [2.05, 4.69) is 20.3 Å². The summed E-state index contributed by atoms with van der Waals surface area (Å²) in [6, 6.07) is 6.45. The van der Waals surface area contributed by atoms with Gasteiger partial charge in [-0.2, -0.15) is 0 Å². The molecule has 3 N–H and O–H groups in total. The van der Waals surface area contributed by atoms with Crippen molar-refractivity contribution in [3.63, 3.8) is 0 Å². The third-order valence-corrected chi connectivity index (χ3v) is 4.34. The molecule has 0 aromatic heterocycles. The second-order valence-corrected chi connectivity index (χ2v) is 6.70. The van der Waals surface area contributed by atoms with Crippen molar-refractivity contribution >= 4 is 40.0 Å². The van der Waals surface area contributed by atoms with Crippen LogP contribution in [0.4, 0.5) is 4.39 Å². The number of nitrogens with zero attached hydrogens (tertiary/aromatic N) is 1. The number of nitrogens with one attached hydrogen (secondary N) is 3. The molecular weight excluding hydrogens is 434 g/mol. The van der Waals surface area contributed by atoms with Crippen molar-refractivity contribution < 1.29 is 12.8 Å². The van der Waals surface area contributed by atoms with E-state index >= 15 is 0 Å². The summed E-state index contributed by atoms with van der Waals surface area (Å²) >= 11 is 0. The van der Waals surface area contributed by atoms with E-state index in [-0.39, 0.29) is 35.5 Å². The van der Waals surface area contributed by atoms with E-state index in [1.54, 1.807) is 20.0 Å². The highest BCUT2D eigenvalue weighted by Crippen LogP contribution is 2.03. The summed E-state index contributed by atoms with van der Waals surface area (Å²) in [5.74, 6) is 0.392. The largest absolute Gasteiger partial charge is 0.356 e. The van der Waals surface area contributed by atoms with Crippen LogP contribution >= 0.6 is 24.0 Å². The molecule has 0 spiro atoms. The number of rotatable bonds is 8. The van der Waals surface area contributed by atoms with Gasteiger partial charge in [0.2, 0.25) is 10.0 Å². The Morgan fingerprint density at radius 3 is 2.52 bits per heavy atom. The molecule has 1 aromatic rings. The molecule has 132 valence electrons. The molecule has 0 saturated carbocycles. The lowest BCUT2D eigenvalue weighted by Crippen LogP contribution is -2.42. The topological polar surface area (TPSA) is 82.6 Å². The summed E-state index contributed by atoms with van der Waals surface area (Å²) in [5, 5.41) is 6.09. The van der Waals surface area contributed by atoms with Crippen molar-refractivity contribution in [3.05, 3.63) is 35.6 Å². The van der Waals surface area contributed by atoms with Crippen molar-refractivity contribution in [2.45, 2.75) is 13.3 Å². The van der Waals surface area contributed by atoms with Crippen LogP contribution in [-0.4, -0.2) is 46.8 Å². The fraction of sp³-hybridized carbons (Fsp3) is 0.500. The summed E-state index contributed by atoms with van der Waals surface area (Å²) < 4.78 is 38.0. The molecule has 0 bridgehead atoms. The monoisotopic (exact) mass is 458 g/mol. The number of hydrogen-bond donors (Lipinski definition) is 3. The Bertz CT molecular complexity index is 596. The Morgan fingerprint density at radius 1 is 1.22 bits per heavy atom. The first-order valence-corrected chi connectivity index (χ1v) is 8.78. The summed E-state index contributed by atoms with van der Waals surface area (Å²) in [6.07, 6.45) is 0.668. The molecule has 1 aromatic carbocycles. The minimum absolute atomic E-state index is 0. The lowest BCUT2D eigenvalue weighted by Gasteiger charge is -2.12. The minimum Gasteiger partial charge on any atom is -0.356 e. The molecule has 6 nitrogen and oxygen atoms in total. The molecule has 9 heteroatoms. The van der Waals surface area contributed by atoms with E-state index in [4.69, 9.17) is 0 Å². The number of sulfonamides is 1. The molecule has 0 amide bonds. The predicted octanol–water partition coefficient (Wildman–Crippen LogP) is 1.09. The zero-order chi connectivity index (χ0) is 16.4. The first-order valence-electron chi connectivity index (χ1n) is 7.13. The van der Waals surface area contributed by atoms with Crippen LogP contribution in [0.3, 0.4) is 0 Å². The number of guanidine groups is 1. The van der Waals surface area contributed by atoms with E-state index in [9.17, 15) is 12.8 Å². The molecule has 0 unspecified atom stereocenters. The molecule has 0 atom stereocenters. The molecule has 23 heavy (non-hydrogen) atoms. The van der Waals surface area contributed by atoms with Gasteiger partial charge in [-0.15, -0.1) is 24.0 Å². The summed E-state index contributed by atoms with van der Waals surface area (Å²) in [6.45, 7) is 2.91. The van der Waals surface area contributed by atoms with Gasteiger partial charge in [0.1, 0.15) is 5.82 Å². The second kappa shape index (κ2) is 11.6. The van der Waals surface area contributed by atoms with Gasteiger partial charge in [-0.05, 0) is 31.0 Å². The maximum absolute atomic E-state index is 13.0. The van der Waals surface area contributed by atoms with Crippen molar-refractivity contribution in [2.24, 2.45) is 4.99 Å². The standard InChI is InChI=1S/C14H23FN4O2S.HI/c1-3-22(20,21)19-10-9-18-14(16-2)17-8-7-12-5-4-6-13(15)11-12;/h4-6,11,19H,3,7-10H2,1-2H3,(H2,16,17,18);1H. The van der Waals surface area contributed by atoms with Crippen LogP contribution in [0, 0.1) is 5.82 Å². The van der Waals surface area contributed by atoms with Crippen LogP contribution < -0.4 is 15.4 Å².